The van der Waals surface area contributed by atoms with Crippen LogP contribution in [0.3, 0.4) is 0 Å². The normalized spacial score (nSPS) is 24.9. The average molecular weight is 221 g/mol. The Morgan fingerprint density at radius 2 is 2.29 bits per heavy atom. The van der Waals surface area contributed by atoms with Gasteiger partial charge in [-0.15, -0.1) is 0 Å². The van der Waals surface area contributed by atoms with E-state index in [0.29, 0.717) is 0 Å². The minimum Gasteiger partial charge on any atom is -0.353 e. The topological polar surface area (TPSA) is 18.5 Å². The quantitative estimate of drug-likeness (QED) is 0.502. The Morgan fingerprint density at radius 1 is 1.43 bits per heavy atom. The molecule has 0 aromatic rings. The summed E-state index contributed by atoms with van der Waals surface area (Å²) in [5, 5.41) is 0. The Morgan fingerprint density at radius 3 is 2.93 bits per heavy atom. The maximum absolute atomic E-state index is 6.05. The van der Waals surface area contributed by atoms with Gasteiger partial charge in [0.1, 0.15) is 5.56 Å². The highest BCUT2D eigenvalue weighted by molar-refractivity contribution is 6.19. The molecule has 1 rings (SSSR count). The van der Waals surface area contributed by atoms with Crippen LogP contribution in [0.15, 0.2) is 0 Å². The van der Waals surface area contributed by atoms with Crippen LogP contribution in [-0.2, 0) is 9.47 Å². The monoisotopic (exact) mass is 220 g/mol. The van der Waals surface area contributed by atoms with Crippen molar-refractivity contribution in [3.05, 3.63) is 0 Å². The molecule has 0 N–H and O–H groups in total. The summed E-state index contributed by atoms with van der Waals surface area (Å²) < 4.78 is 11.0. The highest BCUT2D eigenvalue weighted by Gasteiger charge is 2.17. The van der Waals surface area contributed by atoms with E-state index < -0.39 is 0 Å². The van der Waals surface area contributed by atoms with Crippen molar-refractivity contribution in [2.75, 3.05) is 6.61 Å². The van der Waals surface area contributed by atoms with Crippen molar-refractivity contribution < 1.29 is 9.47 Å². The predicted octanol–water partition coefficient (Wildman–Crippen LogP) is 3.67. The molecule has 1 heterocycles. The van der Waals surface area contributed by atoms with Gasteiger partial charge in [-0.1, -0.05) is 31.4 Å². The lowest BCUT2D eigenvalue weighted by atomic mass is 10.2. The zero-order valence-electron chi connectivity index (χ0n) is 9.01. The lowest BCUT2D eigenvalue weighted by Gasteiger charge is -2.25. The predicted molar refractivity (Wildman–Crippen MR) is 58.5 cm³/mol. The van der Waals surface area contributed by atoms with Crippen LogP contribution in [0.4, 0.5) is 0 Å². The fourth-order valence-corrected chi connectivity index (χ4v) is 1.88. The van der Waals surface area contributed by atoms with Gasteiger partial charge in [0.05, 0.1) is 0 Å². The maximum Gasteiger partial charge on any atom is 0.159 e. The van der Waals surface area contributed by atoms with Gasteiger partial charge in [0.2, 0.25) is 0 Å². The minimum atomic E-state index is -0.162. The van der Waals surface area contributed by atoms with Crippen molar-refractivity contribution >= 4 is 11.6 Å². The van der Waals surface area contributed by atoms with Gasteiger partial charge in [-0.2, -0.15) is 0 Å². The molecule has 2 atom stereocenters. The zero-order chi connectivity index (χ0) is 10.2. The van der Waals surface area contributed by atoms with Crippen molar-refractivity contribution in [1.29, 1.82) is 0 Å². The van der Waals surface area contributed by atoms with Gasteiger partial charge in [0, 0.05) is 6.61 Å². The summed E-state index contributed by atoms with van der Waals surface area (Å²) in [6.07, 6.45) is 7.85. The Kier molecular flexibility index (Phi) is 6.57. The van der Waals surface area contributed by atoms with Crippen molar-refractivity contribution in [2.45, 2.75) is 63.7 Å². The molecule has 14 heavy (non-hydrogen) atoms. The molecule has 0 bridgehead atoms. The Balaban J connectivity index is 2.03. The van der Waals surface area contributed by atoms with Crippen LogP contribution in [0.25, 0.3) is 0 Å². The van der Waals surface area contributed by atoms with Crippen molar-refractivity contribution in [1.82, 2.24) is 0 Å². The van der Waals surface area contributed by atoms with E-state index in [1.54, 1.807) is 0 Å². The van der Waals surface area contributed by atoms with Gasteiger partial charge in [0.25, 0.3) is 0 Å². The SMILES string of the molecule is CCCCCC(Cl)OC1CCCCO1. The molecule has 1 saturated heterocycles. The molecule has 1 aliphatic heterocycles. The van der Waals surface area contributed by atoms with E-state index in [1.807, 2.05) is 0 Å². The van der Waals surface area contributed by atoms with Crippen LogP contribution in [0.5, 0.6) is 0 Å². The maximum atomic E-state index is 6.05. The summed E-state index contributed by atoms with van der Waals surface area (Å²) in [5.74, 6) is 0. The number of unbranched alkanes of at least 4 members (excludes halogenated alkanes) is 2. The van der Waals surface area contributed by atoms with Crippen LogP contribution in [-0.4, -0.2) is 18.5 Å². The molecule has 0 amide bonds. The first-order valence-corrected chi connectivity index (χ1v) is 6.17. The largest absolute Gasteiger partial charge is 0.353 e. The van der Waals surface area contributed by atoms with E-state index in [1.165, 1.54) is 19.3 Å². The fraction of sp³-hybridized carbons (Fsp3) is 1.00. The summed E-state index contributed by atoms with van der Waals surface area (Å²) in [7, 11) is 0. The number of hydrogen-bond donors (Lipinski definition) is 0. The molecule has 0 radical (unpaired) electrons. The first-order valence-electron chi connectivity index (χ1n) is 5.74. The van der Waals surface area contributed by atoms with Gasteiger partial charge in [0.15, 0.2) is 6.29 Å². The number of hydrogen-bond acceptors (Lipinski definition) is 2. The summed E-state index contributed by atoms with van der Waals surface area (Å²) in [6, 6.07) is 0. The first-order chi connectivity index (χ1) is 6.83. The second-order valence-electron chi connectivity index (χ2n) is 3.84. The highest BCUT2D eigenvalue weighted by Crippen LogP contribution is 2.19. The highest BCUT2D eigenvalue weighted by atomic mass is 35.5. The molecule has 84 valence electrons. The molecule has 0 spiro atoms. The number of rotatable bonds is 6. The molecule has 0 aliphatic carbocycles. The van der Waals surface area contributed by atoms with E-state index in [0.717, 1.165) is 32.3 Å². The third-order valence-corrected chi connectivity index (χ3v) is 2.79. The van der Waals surface area contributed by atoms with Gasteiger partial charge in [-0.05, 0) is 32.1 Å². The molecule has 0 aromatic heterocycles. The van der Waals surface area contributed by atoms with Crippen molar-refractivity contribution in [3.63, 3.8) is 0 Å². The van der Waals surface area contributed by atoms with Gasteiger partial charge in [-0.3, -0.25) is 0 Å². The zero-order valence-corrected chi connectivity index (χ0v) is 9.76. The standard InChI is InChI=1S/C11H21ClO2/c1-2-3-4-7-10(12)14-11-8-5-6-9-13-11/h10-11H,2-9H2,1H3. The Labute approximate surface area is 91.9 Å². The van der Waals surface area contributed by atoms with E-state index in [-0.39, 0.29) is 11.9 Å². The summed E-state index contributed by atoms with van der Waals surface area (Å²) in [6.45, 7) is 3.01. The van der Waals surface area contributed by atoms with Crippen molar-refractivity contribution in [2.24, 2.45) is 0 Å². The fourth-order valence-electron chi connectivity index (χ4n) is 1.61. The summed E-state index contributed by atoms with van der Waals surface area (Å²) in [5.41, 5.74) is -0.162. The van der Waals surface area contributed by atoms with Gasteiger partial charge in [-0.25, -0.2) is 0 Å². The number of ether oxygens (including phenoxy) is 2. The van der Waals surface area contributed by atoms with Gasteiger partial charge >= 0.3 is 0 Å². The number of alkyl halides is 1. The Hall–Kier alpha value is 0.210. The third kappa shape index (κ3) is 5.18. The molecule has 1 fully saturated rings. The lowest BCUT2D eigenvalue weighted by Crippen LogP contribution is -2.25. The van der Waals surface area contributed by atoms with E-state index >= 15 is 0 Å². The van der Waals surface area contributed by atoms with Crippen molar-refractivity contribution in [3.8, 4) is 0 Å². The van der Waals surface area contributed by atoms with E-state index in [4.69, 9.17) is 21.1 Å². The van der Waals surface area contributed by atoms with Gasteiger partial charge < -0.3 is 9.47 Å². The van der Waals surface area contributed by atoms with Crippen LogP contribution < -0.4 is 0 Å². The molecule has 1 aliphatic rings. The van der Waals surface area contributed by atoms with Crippen LogP contribution >= 0.6 is 11.6 Å². The van der Waals surface area contributed by atoms with Crippen LogP contribution in [0, 0.1) is 0 Å². The third-order valence-electron chi connectivity index (χ3n) is 2.47. The lowest BCUT2D eigenvalue weighted by molar-refractivity contribution is -0.172. The number of halogens is 1. The van der Waals surface area contributed by atoms with Crippen LogP contribution in [0.2, 0.25) is 0 Å². The first kappa shape index (κ1) is 12.3. The van der Waals surface area contributed by atoms with E-state index in [2.05, 4.69) is 6.92 Å². The molecular weight excluding hydrogens is 200 g/mol. The Bertz CT molecular complexity index is 135. The smallest absolute Gasteiger partial charge is 0.159 e. The molecule has 3 heteroatoms. The second-order valence-corrected chi connectivity index (χ2v) is 4.32. The molecule has 0 saturated carbocycles. The second kappa shape index (κ2) is 7.49. The summed E-state index contributed by atoms with van der Waals surface area (Å²) in [4.78, 5) is 0. The molecule has 2 nitrogen and oxygen atoms in total. The minimum absolute atomic E-state index is 0.0483. The molecule has 2 unspecified atom stereocenters. The summed E-state index contributed by atoms with van der Waals surface area (Å²) >= 11 is 6.05. The average Bonchev–Trinajstić information content (AvgIpc) is 2.20. The van der Waals surface area contributed by atoms with Crippen LogP contribution in [0.1, 0.15) is 51.9 Å². The molecular formula is C11H21ClO2. The molecule has 0 aromatic carbocycles. The van der Waals surface area contributed by atoms with E-state index in [9.17, 15) is 0 Å².